The van der Waals surface area contributed by atoms with Gasteiger partial charge in [0.2, 0.25) is 5.13 Å². The quantitative estimate of drug-likeness (QED) is 0.870. The van der Waals surface area contributed by atoms with Gasteiger partial charge in [0.25, 0.3) is 0 Å². The van der Waals surface area contributed by atoms with Crippen LogP contribution in [0.15, 0.2) is 0 Å². The molecule has 1 aliphatic heterocycles. The number of nitrogens with one attached hydrogen (secondary N) is 1. The number of aromatic nitrogens is 2. The molecule has 0 radical (unpaired) electrons. The first-order valence-corrected chi connectivity index (χ1v) is 7.46. The summed E-state index contributed by atoms with van der Waals surface area (Å²) in [6.45, 7) is 5.44. The fourth-order valence-electron chi connectivity index (χ4n) is 2.46. The Morgan fingerprint density at radius 1 is 1.41 bits per heavy atom. The molecule has 3 rings (SSSR count). The summed E-state index contributed by atoms with van der Waals surface area (Å²) in [5.74, 6) is 1.77. The number of hydrogen-bond acceptors (Lipinski definition) is 5. The van der Waals surface area contributed by atoms with Gasteiger partial charge in [0.1, 0.15) is 5.82 Å². The Morgan fingerprint density at radius 3 is 3.06 bits per heavy atom. The van der Waals surface area contributed by atoms with E-state index in [1.807, 2.05) is 0 Å². The SMILES string of the molecule is CCNCC1CCCN1c1nc(C2CC2)ns1. The Hall–Kier alpha value is -0.680. The second-order valence-electron chi connectivity index (χ2n) is 5.01. The number of anilines is 1. The Kier molecular flexibility index (Phi) is 3.29. The summed E-state index contributed by atoms with van der Waals surface area (Å²) in [5.41, 5.74) is 0. The number of rotatable bonds is 5. The van der Waals surface area contributed by atoms with Crippen LogP contribution in [0.4, 0.5) is 5.13 Å². The minimum Gasteiger partial charge on any atom is -0.343 e. The summed E-state index contributed by atoms with van der Waals surface area (Å²) in [4.78, 5) is 7.17. The van der Waals surface area contributed by atoms with E-state index in [0.717, 1.165) is 30.6 Å². The minimum absolute atomic E-state index is 0.620. The molecule has 94 valence electrons. The second-order valence-corrected chi connectivity index (χ2v) is 5.74. The third kappa shape index (κ3) is 2.45. The van der Waals surface area contributed by atoms with Crippen molar-refractivity contribution < 1.29 is 0 Å². The lowest BCUT2D eigenvalue weighted by molar-refractivity contribution is 0.586. The van der Waals surface area contributed by atoms with Crippen LogP contribution in [0.2, 0.25) is 0 Å². The van der Waals surface area contributed by atoms with E-state index in [1.54, 1.807) is 11.5 Å². The highest BCUT2D eigenvalue weighted by Crippen LogP contribution is 2.40. The Balaban J connectivity index is 1.67. The summed E-state index contributed by atoms with van der Waals surface area (Å²) in [7, 11) is 0. The molecule has 0 amide bonds. The van der Waals surface area contributed by atoms with E-state index < -0.39 is 0 Å². The molecule has 0 aromatic carbocycles. The van der Waals surface area contributed by atoms with Crippen LogP contribution in [-0.2, 0) is 0 Å². The van der Waals surface area contributed by atoms with E-state index in [9.17, 15) is 0 Å². The van der Waals surface area contributed by atoms with Gasteiger partial charge in [-0.3, -0.25) is 0 Å². The normalized spacial score (nSPS) is 24.5. The van der Waals surface area contributed by atoms with Crippen LogP contribution in [0, 0.1) is 0 Å². The monoisotopic (exact) mass is 252 g/mol. The van der Waals surface area contributed by atoms with Crippen LogP contribution in [0.1, 0.15) is 44.3 Å². The molecule has 0 spiro atoms. The summed E-state index contributed by atoms with van der Waals surface area (Å²) in [6.07, 6.45) is 5.15. The van der Waals surface area contributed by atoms with E-state index in [4.69, 9.17) is 4.98 Å². The largest absolute Gasteiger partial charge is 0.343 e. The van der Waals surface area contributed by atoms with Gasteiger partial charge in [0.05, 0.1) is 0 Å². The average Bonchev–Trinajstić information content (AvgIpc) is 2.92. The van der Waals surface area contributed by atoms with E-state index in [0.29, 0.717) is 12.0 Å². The van der Waals surface area contributed by atoms with Crippen LogP contribution in [-0.4, -0.2) is 35.0 Å². The molecule has 0 bridgehead atoms. The molecule has 2 fully saturated rings. The van der Waals surface area contributed by atoms with Crippen molar-refractivity contribution in [3.8, 4) is 0 Å². The molecular weight excluding hydrogens is 232 g/mol. The molecule has 1 N–H and O–H groups in total. The van der Waals surface area contributed by atoms with E-state index >= 15 is 0 Å². The van der Waals surface area contributed by atoms with E-state index in [1.165, 1.54) is 25.7 Å². The third-order valence-corrected chi connectivity index (χ3v) is 4.39. The Bertz CT molecular complexity index is 374. The van der Waals surface area contributed by atoms with Gasteiger partial charge in [0.15, 0.2) is 0 Å². The summed E-state index contributed by atoms with van der Waals surface area (Å²) in [6, 6.07) is 0.620. The molecule has 1 saturated heterocycles. The number of likely N-dealkylation sites (N-methyl/N-ethyl adjacent to an activating group) is 1. The van der Waals surface area contributed by atoms with Crippen molar-refractivity contribution in [1.29, 1.82) is 0 Å². The van der Waals surface area contributed by atoms with Gasteiger partial charge in [-0.2, -0.15) is 4.37 Å². The van der Waals surface area contributed by atoms with E-state index in [-0.39, 0.29) is 0 Å². The molecule has 2 heterocycles. The average molecular weight is 252 g/mol. The predicted octanol–water partition coefficient (Wildman–Crippen LogP) is 1.99. The maximum atomic E-state index is 4.72. The molecule has 1 unspecified atom stereocenters. The third-order valence-electron chi connectivity index (χ3n) is 3.63. The van der Waals surface area contributed by atoms with Crippen LogP contribution in [0.25, 0.3) is 0 Å². The summed E-state index contributed by atoms with van der Waals surface area (Å²) >= 11 is 1.59. The second kappa shape index (κ2) is 4.90. The fraction of sp³-hybridized carbons (Fsp3) is 0.833. The minimum atomic E-state index is 0.620. The van der Waals surface area contributed by atoms with Crippen molar-refractivity contribution in [2.45, 2.75) is 44.6 Å². The molecular formula is C12H20N4S. The zero-order valence-electron chi connectivity index (χ0n) is 10.4. The predicted molar refractivity (Wildman–Crippen MR) is 70.8 cm³/mol. The molecule has 1 saturated carbocycles. The van der Waals surface area contributed by atoms with Gasteiger partial charge in [-0.15, -0.1) is 0 Å². The van der Waals surface area contributed by atoms with Crippen molar-refractivity contribution >= 4 is 16.7 Å². The van der Waals surface area contributed by atoms with Crippen LogP contribution < -0.4 is 10.2 Å². The van der Waals surface area contributed by atoms with Crippen molar-refractivity contribution in [3.63, 3.8) is 0 Å². The van der Waals surface area contributed by atoms with Gasteiger partial charge in [0, 0.05) is 36.6 Å². The van der Waals surface area contributed by atoms with Crippen LogP contribution in [0.5, 0.6) is 0 Å². The molecule has 17 heavy (non-hydrogen) atoms. The van der Waals surface area contributed by atoms with Gasteiger partial charge in [-0.25, -0.2) is 4.98 Å². The molecule has 2 aliphatic rings. The molecule has 1 aromatic heterocycles. The first-order valence-electron chi connectivity index (χ1n) is 6.69. The van der Waals surface area contributed by atoms with Crippen molar-refractivity contribution in [2.75, 3.05) is 24.5 Å². The summed E-state index contributed by atoms with van der Waals surface area (Å²) < 4.78 is 4.51. The highest BCUT2D eigenvalue weighted by atomic mass is 32.1. The molecule has 5 heteroatoms. The standard InChI is InChI=1S/C12H20N4S/c1-2-13-8-10-4-3-7-16(10)12-14-11(15-17-12)9-5-6-9/h9-10,13H,2-8H2,1H3. The molecule has 1 aliphatic carbocycles. The van der Waals surface area contributed by atoms with Gasteiger partial charge >= 0.3 is 0 Å². The lowest BCUT2D eigenvalue weighted by Gasteiger charge is -2.23. The van der Waals surface area contributed by atoms with Crippen molar-refractivity contribution in [3.05, 3.63) is 5.82 Å². The van der Waals surface area contributed by atoms with Crippen LogP contribution >= 0.6 is 11.5 Å². The number of nitrogens with zero attached hydrogens (tertiary/aromatic N) is 3. The fourth-order valence-corrected chi connectivity index (χ4v) is 3.31. The van der Waals surface area contributed by atoms with Gasteiger partial charge < -0.3 is 10.2 Å². The molecule has 1 atom stereocenters. The zero-order chi connectivity index (χ0) is 11.7. The van der Waals surface area contributed by atoms with Crippen molar-refractivity contribution in [2.24, 2.45) is 0 Å². The lowest BCUT2D eigenvalue weighted by Crippen LogP contribution is -2.37. The van der Waals surface area contributed by atoms with Gasteiger partial charge in [-0.1, -0.05) is 6.92 Å². The smallest absolute Gasteiger partial charge is 0.205 e. The zero-order valence-corrected chi connectivity index (χ0v) is 11.2. The topological polar surface area (TPSA) is 41.0 Å². The molecule has 1 aromatic rings. The Labute approximate surface area is 107 Å². The number of hydrogen-bond donors (Lipinski definition) is 1. The van der Waals surface area contributed by atoms with E-state index in [2.05, 4.69) is 21.5 Å². The lowest BCUT2D eigenvalue weighted by atomic mass is 10.2. The maximum Gasteiger partial charge on any atom is 0.205 e. The highest BCUT2D eigenvalue weighted by molar-refractivity contribution is 7.09. The summed E-state index contributed by atoms with van der Waals surface area (Å²) in [5, 5.41) is 4.59. The highest BCUT2D eigenvalue weighted by Gasteiger charge is 2.31. The van der Waals surface area contributed by atoms with Crippen molar-refractivity contribution in [1.82, 2.24) is 14.7 Å². The first-order chi connectivity index (χ1) is 8.38. The maximum absolute atomic E-state index is 4.72. The van der Waals surface area contributed by atoms with Crippen LogP contribution in [0.3, 0.4) is 0 Å². The first kappa shape index (κ1) is 11.4. The Morgan fingerprint density at radius 2 is 2.29 bits per heavy atom. The molecule has 4 nitrogen and oxygen atoms in total. The van der Waals surface area contributed by atoms with Gasteiger partial charge in [-0.05, 0) is 32.2 Å².